The van der Waals surface area contributed by atoms with Crippen LogP contribution in [0.1, 0.15) is 15.9 Å². The van der Waals surface area contributed by atoms with E-state index >= 15 is 0 Å². The van der Waals surface area contributed by atoms with Crippen LogP contribution in [0.3, 0.4) is 0 Å². The number of nitrogens with one attached hydrogen (secondary N) is 1. The van der Waals surface area contributed by atoms with Crippen molar-refractivity contribution in [1.29, 1.82) is 0 Å². The number of amides is 1. The van der Waals surface area contributed by atoms with Gasteiger partial charge >= 0.3 is 0 Å². The highest BCUT2D eigenvalue weighted by Crippen LogP contribution is 2.28. The molecule has 2 aromatic carbocycles. The van der Waals surface area contributed by atoms with Crippen molar-refractivity contribution in [2.24, 2.45) is 0 Å². The molecule has 0 saturated heterocycles. The summed E-state index contributed by atoms with van der Waals surface area (Å²) in [6.07, 6.45) is 0. The molecule has 1 N–H and O–H groups in total. The van der Waals surface area contributed by atoms with Crippen LogP contribution in [0, 0.1) is 6.92 Å². The Bertz CT molecular complexity index is 658. The normalized spacial score (nSPS) is 10.2. The Hall–Kier alpha value is -1.52. The highest BCUT2D eigenvalue weighted by Gasteiger charge is 2.12. The van der Waals surface area contributed by atoms with Gasteiger partial charge in [0.1, 0.15) is 5.75 Å². The summed E-state index contributed by atoms with van der Waals surface area (Å²) in [6, 6.07) is 10.7. The van der Waals surface area contributed by atoms with Crippen molar-refractivity contribution in [3.8, 4) is 5.75 Å². The molecular weight excluding hydrogens is 342 g/mol. The van der Waals surface area contributed by atoms with Crippen molar-refractivity contribution < 1.29 is 9.53 Å². The maximum atomic E-state index is 12.2. The van der Waals surface area contributed by atoms with E-state index in [2.05, 4.69) is 21.2 Å². The number of benzene rings is 2. The van der Waals surface area contributed by atoms with Gasteiger partial charge in [-0.15, -0.1) is 0 Å². The van der Waals surface area contributed by atoms with E-state index in [1.54, 1.807) is 31.4 Å². The summed E-state index contributed by atoms with van der Waals surface area (Å²) in [4.78, 5) is 12.2. The molecule has 20 heavy (non-hydrogen) atoms. The van der Waals surface area contributed by atoms with Gasteiger partial charge in [0.25, 0.3) is 5.91 Å². The lowest BCUT2D eigenvalue weighted by Crippen LogP contribution is -2.13. The summed E-state index contributed by atoms with van der Waals surface area (Å²) in [7, 11) is 1.58. The summed E-state index contributed by atoms with van der Waals surface area (Å²) in [6.45, 7) is 1.92. The number of carbonyl (C=O) groups is 1. The predicted octanol–water partition coefficient (Wildman–Crippen LogP) is 4.67. The van der Waals surface area contributed by atoms with Gasteiger partial charge in [-0.3, -0.25) is 4.79 Å². The fourth-order valence-electron chi connectivity index (χ4n) is 1.72. The fraction of sp³-hybridized carbons (Fsp3) is 0.133. The molecule has 0 aliphatic heterocycles. The summed E-state index contributed by atoms with van der Waals surface area (Å²) in [5, 5.41) is 3.24. The zero-order valence-corrected chi connectivity index (χ0v) is 13.4. The highest BCUT2D eigenvalue weighted by molar-refractivity contribution is 9.10. The number of methoxy groups -OCH3 is 1. The van der Waals surface area contributed by atoms with E-state index < -0.39 is 0 Å². The van der Waals surface area contributed by atoms with Crippen LogP contribution in [-0.2, 0) is 0 Å². The molecule has 0 heterocycles. The van der Waals surface area contributed by atoms with E-state index in [9.17, 15) is 4.79 Å². The fourth-order valence-corrected chi connectivity index (χ4v) is 2.39. The Labute approximate surface area is 131 Å². The van der Waals surface area contributed by atoms with Crippen molar-refractivity contribution >= 4 is 39.1 Å². The van der Waals surface area contributed by atoms with Gasteiger partial charge < -0.3 is 10.1 Å². The van der Waals surface area contributed by atoms with Gasteiger partial charge in [0.15, 0.2) is 0 Å². The summed E-state index contributed by atoms with van der Waals surface area (Å²) < 4.78 is 5.91. The van der Waals surface area contributed by atoms with E-state index in [0.717, 1.165) is 10.0 Å². The van der Waals surface area contributed by atoms with Gasteiger partial charge in [0, 0.05) is 10.5 Å². The molecule has 2 rings (SSSR count). The first kappa shape index (κ1) is 14.9. The Morgan fingerprint density at radius 3 is 2.65 bits per heavy atom. The lowest BCUT2D eigenvalue weighted by atomic mass is 10.1. The quantitative estimate of drug-likeness (QED) is 0.869. The van der Waals surface area contributed by atoms with Gasteiger partial charge in [0.05, 0.1) is 23.4 Å². The molecule has 0 fully saturated rings. The second-order valence-corrected chi connectivity index (χ2v) is 5.54. The number of hydrogen-bond donors (Lipinski definition) is 1. The monoisotopic (exact) mass is 353 g/mol. The lowest BCUT2D eigenvalue weighted by Gasteiger charge is -2.10. The van der Waals surface area contributed by atoms with Crippen LogP contribution in [0.2, 0.25) is 5.02 Å². The molecule has 2 aromatic rings. The SMILES string of the molecule is COc1ccc(Br)c(NC(=O)c2ccc(C)cc2Cl)c1. The van der Waals surface area contributed by atoms with Crippen molar-refractivity contribution in [1.82, 2.24) is 0 Å². The van der Waals surface area contributed by atoms with E-state index in [4.69, 9.17) is 16.3 Å². The first-order valence-corrected chi connectivity index (χ1v) is 7.09. The molecule has 104 valence electrons. The Kier molecular flexibility index (Phi) is 4.68. The summed E-state index contributed by atoms with van der Waals surface area (Å²) >= 11 is 9.48. The van der Waals surface area contributed by atoms with Crippen LogP contribution in [0.4, 0.5) is 5.69 Å². The number of aryl methyl sites for hydroxylation is 1. The number of rotatable bonds is 3. The molecule has 0 aliphatic rings. The third-order valence-electron chi connectivity index (χ3n) is 2.79. The average molecular weight is 355 g/mol. The van der Waals surface area contributed by atoms with E-state index in [0.29, 0.717) is 22.0 Å². The molecule has 1 amide bonds. The minimum atomic E-state index is -0.260. The Morgan fingerprint density at radius 2 is 2.00 bits per heavy atom. The second-order valence-electron chi connectivity index (χ2n) is 4.28. The third kappa shape index (κ3) is 3.32. The molecule has 0 atom stereocenters. The van der Waals surface area contributed by atoms with Crippen LogP contribution in [0.5, 0.6) is 5.75 Å². The largest absolute Gasteiger partial charge is 0.497 e. The molecule has 0 aliphatic carbocycles. The molecule has 0 spiro atoms. The first-order chi connectivity index (χ1) is 9.51. The van der Waals surface area contributed by atoms with E-state index in [-0.39, 0.29) is 5.91 Å². The number of halogens is 2. The van der Waals surface area contributed by atoms with Gasteiger partial charge in [-0.25, -0.2) is 0 Å². The van der Waals surface area contributed by atoms with Gasteiger partial charge in [-0.05, 0) is 52.7 Å². The molecule has 0 aromatic heterocycles. The van der Waals surface area contributed by atoms with Crippen LogP contribution in [0.15, 0.2) is 40.9 Å². The smallest absolute Gasteiger partial charge is 0.257 e. The summed E-state index contributed by atoms with van der Waals surface area (Å²) in [5.41, 5.74) is 2.08. The molecule has 3 nitrogen and oxygen atoms in total. The maximum Gasteiger partial charge on any atom is 0.257 e. The van der Waals surface area contributed by atoms with Gasteiger partial charge in [0.2, 0.25) is 0 Å². The molecule has 0 unspecified atom stereocenters. The minimum absolute atomic E-state index is 0.260. The topological polar surface area (TPSA) is 38.3 Å². The second kappa shape index (κ2) is 6.29. The predicted molar refractivity (Wildman–Crippen MR) is 84.8 cm³/mol. The van der Waals surface area contributed by atoms with Crippen molar-refractivity contribution in [2.45, 2.75) is 6.92 Å². The standard InChI is InChI=1S/C15H13BrClNO2/c1-9-3-5-11(13(17)7-9)15(19)18-14-8-10(20-2)4-6-12(14)16/h3-8H,1-2H3,(H,18,19). The Balaban J connectivity index is 2.27. The number of carbonyl (C=O) groups excluding carboxylic acids is 1. The zero-order valence-electron chi connectivity index (χ0n) is 11.0. The summed E-state index contributed by atoms with van der Waals surface area (Å²) in [5.74, 6) is 0.405. The van der Waals surface area contributed by atoms with Crippen LogP contribution in [0.25, 0.3) is 0 Å². The Morgan fingerprint density at radius 1 is 1.25 bits per heavy atom. The number of anilines is 1. The average Bonchev–Trinajstić information content (AvgIpc) is 2.41. The third-order valence-corrected chi connectivity index (χ3v) is 3.80. The highest BCUT2D eigenvalue weighted by atomic mass is 79.9. The molecule has 0 saturated carbocycles. The van der Waals surface area contributed by atoms with Crippen molar-refractivity contribution in [3.63, 3.8) is 0 Å². The lowest BCUT2D eigenvalue weighted by molar-refractivity contribution is 0.102. The van der Waals surface area contributed by atoms with E-state index in [1.165, 1.54) is 0 Å². The van der Waals surface area contributed by atoms with Crippen LogP contribution in [-0.4, -0.2) is 13.0 Å². The molecule has 0 bridgehead atoms. The zero-order chi connectivity index (χ0) is 14.7. The first-order valence-electron chi connectivity index (χ1n) is 5.92. The van der Waals surface area contributed by atoms with Crippen LogP contribution < -0.4 is 10.1 Å². The molecular formula is C15H13BrClNO2. The van der Waals surface area contributed by atoms with Gasteiger partial charge in [-0.1, -0.05) is 17.7 Å². The molecule has 5 heteroatoms. The minimum Gasteiger partial charge on any atom is -0.497 e. The maximum absolute atomic E-state index is 12.2. The van der Waals surface area contributed by atoms with Gasteiger partial charge in [-0.2, -0.15) is 0 Å². The van der Waals surface area contributed by atoms with Crippen LogP contribution >= 0.6 is 27.5 Å². The molecule has 0 radical (unpaired) electrons. The number of ether oxygens (including phenoxy) is 1. The van der Waals surface area contributed by atoms with Crippen molar-refractivity contribution in [2.75, 3.05) is 12.4 Å². The van der Waals surface area contributed by atoms with Crippen molar-refractivity contribution in [3.05, 3.63) is 57.0 Å². The van der Waals surface area contributed by atoms with E-state index in [1.807, 2.05) is 19.1 Å². The number of hydrogen-bond acceptors (Lipinski definition) is 2.